The highest BCUT2D eigenvalue weighted by molar-refractivity contribution is 7.09. The number of amides is 2. The molecule has 130 valence electrons. The lowest BCUT2D eigenvalue weighted by molar-refractivity contribution is 0.205. The zero-order valence-corrected chi connectivity index (χ0v) is 14.8. The number of hydrogen-bond acceptors (Lipinski definition) is 4. The number of benzene rings is 1. The van der Waals surface area contributed by atoms with Crippen LogP contribution in [0.4, 0.5) is 10.5 Å². The number of ether oxygens (including phenoxy) is 1. The molecule has 5 nitrogen and oxygen atoms in total. The molecular formula is C19H20N2O3S. The third-order valence-electron chi connectivity index (χ3n) is 3.74. The standard InChI is InChI=1S/C19H20N2O3S/c1-23-16-6-2-5-15(13-16)20-19(22)21(14-17-7-3-11-24-17)10-9-18-8-4-12-25-18/h2-8,11-13H,9-10,14H2,1H3,(H,20,22). The van der Waals surface area contributed by atoms with Crippen LogP contribution in [0.2, 0.25) is 0 Å². The molecule has 1 N–H and O–H groups in total. The van der Waals surface area contributed by atoms with Crippen molar-refractivity contribution in [1.29, 1.82) is 0 Å². The fourth-order valence-corrected chi connectivity index (χ4v) is 3.14. The maximum Gasteiger partial charge on any atom is 0.322 e. The number of nitrogens with one attached hydrogen (secondary N) is 1. The first-order valence-corrected chi connectivity index (χ1v) is 8.87. The van der Waals surface area contributed by atoms with E-state index in [1.54, 1.807) is 35.7 Å². The van der Waals surface area contributed by atoms with Crippen LogP contribution in [0.1, 0.15) is 10.6 Å². The van der Waals surface area contributed by atoms with Gasteiger partial charge >= 0.3 is 6.03 Å². The van der Waals surface area contributed by atoms with Gasteiger partial charge in [-0.2, -0.15) is 0 Å². The third-order valence-corrected chi connectivity index (χ3v) is 4.68. The first-order valence-electron chi connectivity index (χ1n) is 7.99. The topological polar surface area (TPSA) is 54.7 Å². The normalized spacial score (nSPS) is 10.4. The Balaban J connectivity index is 1.68. The first-order chi connectivity index (χ1) is 12.2. The molecular weight excluding hydrogens is 336 g/mol. The molecule has 6 heteroatoms. The number of thiophene rings is 1. The Morgan fingerprint density at radius 1 is 1.24 bits per heavy atom. The summed E-state index contributed by atoms with van der Waals surface area (Å²) in [5.74, 6) is 1.46. The summed E-state index contributed by atoms with van der Waals surface area (Å²) >= 11 is 1.70. The molecule has 0 spiro atoms. The molecule has 0 bridgehead atoms. The number of methoxy groups -OCH3 is 1. The minimum absolute atomic E-state index is 0.166. The molecule has 3 aromatic rings. The second-order valence-electron chi connectivity index (χ2n) is 5.49. The molecule has 0 aliphatic heterocycles. The lowest BCUT2D eigenvalue weighted by Gasteiger charge is -2.22. The molecule has 0 aliphatic carbocycles. The lowest BCUT2D eigenvalue weighted by Crippen LogP contribution is -2.35. The second-order valence-corrected chi connectivity index (χ2v) is 6.52. The summed E-state index contributed by atoms with van der Waals surface area (Å²) in [5, 5.41) is 4.97. The average Bonchev–Trinajstić information content (AvgIpc) is 3.32. The van der Waals surface area contributed by atoms with Crippen molar-refractivity contribution in [3.63, 3.8) is 0 Å². The van der Waals surface area contributed by atoms with Gasteiger partial charge in [0.2, 0.25) is 0 Å². The van der Waals surface area contributed by atoms with Gasteiger partial charge in [0.1, 0.15) is 11.5 Å². The van der Waals surface area contributed by atoms with Gasteiger partial charge in [0.25, 0.3) is 0 Å². The van der Waals surface area contributed by atoms with Gasteiger partial charge in [0.15, 0.2) is 0 Å². The highest BCUT2D eigenvalue weighted by atomic mass is 32.1. The van der Waals surface area contributed by atoms with Gasteiger partial charge in [0, 0.05) is 23.2 Å². The van der Waals surface area contributed by atoms with Gasteiger partial charge in [-0.05, 0) is 42.1 Å². The summed E-state index contributed by atoms with van der Waals surface area (Å²) in [5.41, 5.74) is 0.699. The third kappa shape index (κ3) is 4.87. The van der Waals surface area contributed by atoms with Gasteiger partial charge in [0.05, 0.1) is 19.9 Å². The highest BCUT2D eigenvalue weighted by Crippen LogP contribution is 2.18. The van der Waals surface area contributed by atoms with E-state index in [9.17, 15) is 4.79 Å². The Labute approximate surface area is 150 Å². The van der Waals surface area contributed by atoms with Crippen LogP contribution >= 0.6 is 11.3 Å². The zero-order chi connectivity index (χ0) is 17.5. The molecule has 25 heavy (non-hydrogen) atoms. The molecule has 0 atom stereocenters. The van der Waals surface area contributed by atoms with Crippen LogP contribution in [0.25, 0.3) is 0 Å². The second kappa shape index (κ2) is 8.39. The van der Waals surface area contributed by atoms with E-state index < -0.39 is 0 Å². The van der Waals surface area contributed by atoms with Crippen molar-refractivity contribution in [2.45, 2.75) is 13.0 Å². The van der Waals surface area contributed by atoms with Crippen molar-refractivity contribution < 1.29 is 13.9 Å². The fraction of sp³-hybridized carbons (Fsp3) is 0.211. The Hall–Kier alpha value is -2.73. The minimum atomic E-state index is -0.166. The zero-order valence-electron chi connectivity index (χ0n) is 14.0. The summed E-state index contributed by atoms with van der Waals surface area (Å²) in [6.45, 7) is 1.03. The van der Waals surface area contributed by atoms with Crippen LogP contribution in [0.3, 0.4) is 0 Å². The van der Waals surface area contributed by atoms with Crippen molar-refractivity contribution in [3.05, 3.63) is 70.8 Å². The Morgan fingerprint density at radius 2 is 2.16 bits per heavy atom. The Bertz CT molecular complexity index is 785. The van der Waals surface area contributed by atoms with Crippen molar-refractivity contribution in [1.82, 2.24) is 4.90 Å². The van der Waals surface area contributed by atoms with Crippen LogP contribution in [0.15, 0.2) is 64.6 Å². The molecule has 0 radical (unpaired) electrons. The van der Waals surface area contributed by atoms with E-state index >= 15 is 0 Å². The summed E-state index contributed by atoms with van der Waals surface area (Å²) < 4.78 is 10.6. The van der Waals surface area contributed by atoms with Crippen molar-refractivity contribution in [3.8, 4) is 5.75 Å². The maximum absolute atomic E-state index is 12.7. The average molecular weight is 356 g/mol. The Morgan fingerprint density at radius 3 is 2.88 bits per heavy atom. The molecule has 0 saturated heterocycles. The largest absolute Gasteiger partial charge is 0.497 e. The van der Waals surface area contributed by atoms with E-state index in [4.69, 9.17) is 9.15 Å². The SMILES string of the molecule is COc1cccc(NC(=O)N(CCc2cccs2)Cc2ccco2)c1. The molecule has 2 aromatic heterocycles. The molecule has 2 amide bonds. The first kappa shape index (κ1) is 17.1. The highest BCUT2D eigenvalue weighted by Gasteiger charge is 2.16. The predicted molar refractivity (Wildman–Crippen MR) is 99.2 cm³/mol. The number of anilines is 1. The molecule has 0 saturated carbocycles. The Kier molecular flexibility index (Phi) is 5.74. The molecule has 2 heterocycles. The summed E-state index contributed by atoms with van der Waals surface area (Å²) in [7, 11) is 1.60. The van der Waals surface area contributed by atoms with Gasteiger partial charge < -0.3 is 19.4 Å². The van der Waals surface area contributed by atoms with Crippen molar-refractivity contribution in [2.24, 2.45) is 0 Å². The van der Waals surface area contributed by atoms with E-state index in [0.29, 0.717) is 24.5 Å². The van der Waals surface area contributed by atoms with Crippen molar-refractivity contribution in [2.75, 3.05) is 19.0 Å². The van der Waals surface area contributed by atoms with Crippen LogP contribution in [-0.4, -0.2) is 24.6 Å². The van der Waals surface area contributed by atoms with Gasteiger partial charge in [-0.3, -0.25) is 0 Å². The summed E-state index contributed by atoms with van der Waals surface area (Å²) in [6.07, 6.45) is 2.43. The van der Waals surface area contributed by atoms with Gasteiger partial charge in [-0.15, -0.1) is 11.3 Å². The monoisotopic (exact) mass is 356 g/mol. The fourth-order valence-electron chi connectivity index (χ4n) is 2.45. The number of furan rings is 1. The van der Waals surface area contributed by atoms with Crippen LogP contribution in [0, 0.1) is 0 Å². The smallest absolute Gasteiger partial charge is 0.322 e. The van der Waals surface area contributed by atoms with E-state index in [1.807, 2.05) is 41.8 Å². The van der Waals surface area contributed by atoms with E-state index in [1.165, 1.54) is 4.88 Å². The van der Waals surface area contributed by atoms with Crippen LogP contribution < -0.4 is 10.1 Å². The van der Waals surface area contributed by atoms with Gasteiger partial charge in [-0.25, -0.2) is 4.79 Å². The number of nitrogens with zero attached hydrogens (tertiary/aromatic N) is 1. The molecule has 0 unspecified atom stereocenters. The number of urea groups is 1. The quantitative estimate of drug-likeness (QED) is 0.672. The van der Waals surface area contributed by atoms with Crippen LogP contribution in [0.5, 0.6) is 5.75 Å². The number of hydrogen-bond donors (Lipinski definition) is 1. The number of carbonyl (C=O) groups excluding carboxylic acids is 1. The van der Waals surface area contributed by atoms with E-state index in [-0.39, 0.29) is 6.03 Å². The lowest BCUT2D eigenvalue weighted by atomic mass is 10.3. The minimum Gasteiger partial charge on any atom is -0.497 e. The van der Waals surface area contributed by atoms with Gasteiger partial charge in [-0.1, -0.05) is 12.1 Å². The van der Waals surface area contributed by atoms with Crippen molar-refractivity contribution >= 4 is 23.1 Å². The van der Waals surface area contributed by atoms with E-state index in [2.05, 4.69) is 11.4 Å². The molecule has 1 aromatic carbocycles. The van der Waals surface area contributed by atoms with Crippen LogP contribution in [-0.2, 0) is 13.0 Å². The summed E-state index contributed by atoms with van der Waals surface area (Å²) in [4.78, 5) is 15.7. The molecule has 3 rings (SSSR count). The number of rotatable bonds is 7. The molecule has 0 aliphatic rings. The number of carbonyl (C=O) groups is 1. The maximum atomic E-state index is 12.7. The predicted octanol–water partition coefficient (Wildman–Crippen LogP) is 4.63. The van der Waals surface area contributed by atoms with E-state index in [0.717, 1.165) is 12.2 Å². The molecule has 0 fully saturated rings. The summed E-state index contributed by atoms with van der Waals surface area (Å²) in [6, 6.07) is 14.9.